The van der Waals surface area contributed by atoms with E-state index in [1.165, 1.54) is 4.90 Å². The predicted octanol–water partition coefficient (Wildman–Crippen LogP) is 0.750. The highest BCUT2D eigenvalue weighted by Crippen LogP contribution is 2.31. The topological polar surface area (TPSA) is 60.9 Å². The molecule has 0 atom stereocenters. The second-order valence-electron chi connectivity index (χ2n) is 4.38. The molecular weight excluding hydrogens is 196 g/mol. The molecule has 5 nitrogen and oxygen atoms in total. The van der Waals surface area contributed by atoms with E-state index in [-0.39, 0.29) is 18.6 Å². The predicted molar refractivity (Wildman–Crippen MR) is 53.5 cm³/mol. The Hall–Kier alpha value is -1.26. The van der Waals surface area contributed by atoms with Gasteiger partial charge in [0.05, 0.1) is 0 Å². The summed E-state index contributed by atoms with van der Waals surface area (Å²) in [6.07, 6.45) is 3.98. The Balaban J connectivity index is 1.96. The van der Waals surface area contributed by atoms with Gasteiger partial charge in [0.15, 0.2) is 0 Å². The SMILES string of the molecule is CN(C(=O)N(CC(=O)O)C1CC1)C1CC1. The summed E-state index contributed by atoms with van der Waals surface area (Å²) in [6.45, 7) is -0.166. The molecule has 1 N–H and O–H groups in total. The molecule has 2 amide bonds. The highest BCUT2D eigenvalue weighted by molar-refractivity contribution is 5.81. The first-order valence-electron chi connectivity index (χ1n) is 5.35. The van der Waals surface area contributed by atoms with E-state index in [9.17, 15) is 9.59 Å². The third kappa shape index (κ3) is 2.40. The van der Waals surface area contributed by atoms with Crippen molar-refractivity contribution in [3.63, 3.8) is 0 Å². The number of urea groups is 1. The van der Waals surface area contributed by atoms with Crippen LogP contribution in [0.3, 0.4) is 0 Å². The third-order valence-corrected chi connectivity index (χ3v) is 2.94. The number of hydrogen-bond acceptors (Lipinski definition) is 2. The van der Waals surface area contributed by atoms with E-state index in [4.69, 9.17) is 5.11 Å². The Labute approximate surface area is 88.6 Å². The van der Waals surface area contributed by atoms with E-state index in [1.54, 1.807) is 11.9 Å². The Morgan fingerprint density at radius 1 is 1.20 bits per heavy atom. The van der Waals surface area contributed by atoms with E-state index in [0.717, 1.165) is 25.7 Å². The monoisotopic (exact) mass is 212 g/mol. The average molecular weight is 212 g/mol. The molecule has 0 bridgehead atoms. The van der Waals surface area contributed by atoms with Gasteiger partial charge in [-0.15, -0.1) is 0 Å². The average Bonchev–Trinajstić information content (AvgIpc) is 3.04. The van der Waals surface area contributed by atoms with Crippen molar-refractivity contribution in [3.8, 4) is 0 Å². The normalized spacial score (nSPS) is 19.8. The third-order valence-electron chi connectivity index (χ3n) is 2.94. The summed E-state index contributed by atoms with van der Waals surface area (Å²) >= 11 is 0. The van der Waals surface area contributed by atoms with Gasteiger partial charge in [-0.3, -0.25) is 4.79 Å². The maximum Gasteiger partial charge on any atom is 0.323 e. The lowest BCUT2D eigenvalue weighted by atomic mass is 10.4. The van der Waals surface area contributed by atoms with Crippen molar-refractivity contribution < 1.29 is 14.7 Å². The lowest BCUT2D eigenvalue weighted by Gasteiger charge is -2.26. The molecule has 0 spiro atoms. The fourth-order valence-corrected chi connectivity index (χ4v) is 1.71. The van der Waals surface area contributed by atoms with E-state index >= 15 is 0 Å². The molecule has 5 heteroatoms. The number of hydrogen-bond donors (Lipinski definition) is 1. The largest absolute Gasteiger partial charge is 0.480 e. The van der Waals surface area contributed by atoms with Crippen molar-refractivity contribution in [2.45, 2.75) is 37.8 Å². The van der Waals surface area contributed by atoms with Gasteiger partial charge in [-0.1, -0.05) is 0 Å². The molecule has 0 aromatic rings. The Bertz CT molecular complexity index is 284. The van der Waals surface area contributed by atoms with Gasteiger partial charge < -0.3 is 14.9 Å². The van der Waals surface area contributed by atoms with E-state index in [1.807, 2.05) is 0 Å². The molecule has 0 heterocycles. The van der Waals surface area contributed by atoms with Crippen LogP contribution in [0.2, 0.25) is 0 Å². The molecule has 2 saturated carbocycles. The summed E-state index contributed by atoms with van der Waals surface area (Å²) in [4.78, 5) is 25.7. The second kappa shape index (κ2) is 3.72. The van der Waals surface area contributed by atoms with Crippen LogP contribution < -0.4 is 0 Å². The van der Waals surface area contributed by atoms with Crippen LogP contribution in [0.5, 0.6) is 0 Å². The van der Waals surface area contributed by atoms with Crippen LogP contribution in [0, 0.1) is 0 Å². The van der Waals surface area contributed by atoms with Crippen molar-refractivity contribution in [2.24, 2.45) is 0 Å². The Morgan fingerprint density at radius 3 is 2.13 bits per heavy atom. The molecule has 84 valence electrons. The van der Waals surface area contributed by atoms with Crippen molar-refractivity contribution in [2.75, 3.05) is 13.6 Å². The zero-order valence-corrected chi connectivity index (χ0v) is 8.85. The zero-order valence-electron chi connectivity index (χ0n) is 8.85. The van der Waals surface area contributed by atoms with Crippen LogP contribution in [0.1, 0.15) is 25.7 Å². The maximum atomic E-state index is 11.9. The van der Waals surface area contributed by atoms with Crippen LogP contribution in [0.15, 0.2) is 0 Å². The molecule has 0 aromatic heterocycles. The van der Waals surface area contributed by atoms with Crippen LogP contribution in [-0.2, 0) is 4.79 Å². The lowest BCUT2D eigenvalue weighted by Crippen LogP contribution is -2.45. The van der Waals surface area contributed by atoms with Gasteiger partial charge in [0.2, 0.25) is 0 Å². The number of carbonyl (C=O) groups excluding carboxylic acids is 1. The number of carboxylic acids is 1. The maximum absolute atomic E-state index is 11.9. The minimum Gasteiger partial charge on any atom is -0.480 e. The summed E-state index contributed by atoms with van der Waals surface area (Å²) in [5.41, 5.74) is 0. The summed E-state index contributed by atoms with van der Waals surface area (Å²) in [7, 11) is 1.76. The van der Waals surface area contributed by atoms with Crippen molar-refractivity contribution in [1.29, 1.82) is 0 Å². The van der Waals surface area contributed by atoms with Gasteiger partial charge >= 0.3 is 12.0 Å². The van der Waals surface area contributed by atoms with Crippen LogP contribution in [0.4, 0.5) is 4.79 Å². The molecule has 2 rings (SSSR count). The number of amides is 2. The molecule has 2 aliphatic carbocycles. The number of carboxylic acid groups (broad SMARTS) is 1. The van der Waals surface area contributed by atoms with Gasteiger partial charge in [0.1, 0.15) is 6.54 Å². The van der Waals surface area contributed by atoms with Gasteiger partial charge in [0, 0.05) is 19.1 Å². The molecule has 0 unspecified atom stereocenters. The zero-order chi connectivity index (χ0) is 11.0. The Kier molecular flexibility index (Phi) is 2.54. The minimum absolute atomic E-state index is 0.123. The first-order valence-corrected chi connectivity index (χ1v) is 5.35. The quantitative estimate of drug-likeness (QED) is 0.748. The smallest absolute Gasteiger partial charge is 0.323 e. The second-order valence-corrected chi connectivity index (χ2v) is 4.38. The summed E-state index contributed by atoms with van der Waals surface area (Å²) in [5, 5.41) is 8.73. The van der Waals surface area contributed by atoms with Crippen LogP contribution in [-0.4, -0.2) is 52.6 Å². The van der Waals surface area contributed by atoms with Gasteiger partial charge in [-0.05, 0) is 25.7 Å². The first kappa shape index (κ1) is 10.3. The van der Waals surface area contributed by atoms with Crippen molar-refractivity contribution in [3.05, 3.63) is 0 Å². The number of nitrogens with zero attached hydrogens (tertiary/aromatic N) is 2. The van der Waals surface area contributed by atoms with Crippen molar-refractivity contribution in [1.82, 2.24) is 9.80 Å². The molecule has 0 radical (unpaired) electrons. The first-order chi connectivity index (χ1) is 7.09. The molecule has 0 aliphatic heterocycles. The number of rotatable bonds is 4. The number of carbonyl (C=O) groups is 2. The molecule has 0 aromatic carbocycles. The van der Waals surface area contributed by atoms with Crippen LogP contribution >= 0.6 is 0 Å². The molecule has 15 heavy (non-hydrogen) atoms. The number of aliphatic carboxylic acids is 1. The van der Waals surface area contributed by atoms with Crippen molar-refractivity contribution >= 4 is 12.0 Å². The van der Waals surface area contributed by atoms with E-state index in [2.05, 4.69) is 0 Å². The van der Waals surface area contributed by atoms with E-state index < -0.39 is 5.97 Å². The molecule has 2 fully saturated rings. The minimum atomic E-state index is -0.931. The highest BCUT2D eigenvalue weighted by Gasteiger charge is 2.39. The fourth-order valence-electron chi connectivity index (χ4n) is 1.71. The summed E-state index contributed by atoms with van der Waals surface area (Å²) in [5.74, 6) is -0.931. The lowest BCUT2D eigenvalue weighted by molar-refractivity contribution is -0.137. The van der Waals surface area contributed by atoms with Gasteiger partial charge in [-0.2, -0.15) is 0 Å². The van der Waals surface area contributed by atoms with Gasteiger partial charge in [-0.25, -0.2) is 4.79 Å². The summed E-state index contributed by atoms with van der Waals surface area (Å²) in [6, 6.07) is 0.379. The molecule has 2 aliphatic rings. The Morgan fingerprint density at radius 2 is 1.73 bits per heavy atom. The summed E-state index contributed by atoms with van der Waals surface area (Å²) < 4.78 is 0. The van der Waals surface area contributed by atoms with Gasteiger partial charge in [0.25, 0.3) is 0 Å². The molecule has 0 saturated heterocycles. The standard InChI is InChI=1S/C10H16N2O3/c1-11(7-2-3-7)10(15)12(6-9(13)14)8-4-5-8/h7-8H,2-6H2,1H3,(H,13,14). The highest BCUT2D eigenvalue weighted by atomic mass is 16.4. The van der Waals surface area contributed by atoms with E-state index in [0.29, 0.717) is 6.04 Å². The molecular formula is C10H16N2O3. The fraction of sp³-hybridized carbons (Fsp3) is 0.800. The van der Waals surface area contributed by atoms with Crippen LogP contribution in [0.25, 0.3) is 0 Å².